The van der Waals surface area contributed by atoms with E-state index >= 15 is 0 Å². The van der Waals surface area contributed by atoms with Gasteiger partial charge in [0.15, 0.2) is 0 Å². The summed E-state index contributed by atoms with van der Waals surface area (Å²) < 4.78 is 1.78. The fraction of sp³-hybridized carbons (Fsp3) is 0.333. The molecule has 0 aliphatic heterocycles. The number of hydrogen-bond donors (Lipinski definition) is 0. The summed E-state index contributed by atoms with van der Waals surface area (Å²) in [5.41, 5.74) is 11.8. The summed E-state index contributed by atoms with van der Waals surface area (Å²) in [6.45, 7) is 2.03. The van der Waals surface area contributed by atoms with Crippen LogP contribution < -0.4 is 0 Å². The Kier molecular flexibility index (Phi) is 4.83. The third kappa shape index (κ3) is 2.96. The average Bonchev–Trinajstić information content (AvgIpc) is 2.87. The largest absolute Gasteiger partial charge is 0.330 e. The van der Waals surface area contributed by atoms with E-state index in [4.69, 9.17) is 0 Å². The lowest BCUT2D eigenvalue weighted by atomic mass is 9.40. The van der Waals surface area contributed by atoms with Crippen LogP contribution in [-0.4, -0.2) is 64.3 Å². The molecule has 4 aromatic rings. The van der Waals surface area contributed by atoms with Gasteiger partial charge in [-0.3, -0.25) is 0 Å². The second kappa shape index (κ2) is 7.68. The first-order chi connectivity index (χ1) is 18.1. The van der Waals surface area contributed by atoms with E-state index in [1.54, 1.807) is 22.3 Å². The van der Waals surface area contributed by atoms with Gasteiger partial charge in [-0.1, -0.05) is 97.1 Å². The molecule has 2 nitrogen and oxygen atoms in total. The zero-order chi connectivity index (χ0) is 26.5. The van der Waals surface area contributed by atoms with Gasteiger partial charge in [-0.2, -0.15) is 0 Å². The predicted octanol–water partition coefficient (Wildman–Crippen LogP) is 6.28. The van der Waals surface area contributed by atoms with Crippen molar-refractivity contribution in [1.82, 2.24) is 0 Å². The van der Waals surface area contributed by atoms with Crippen LogP contribution >= 0.6 is 0 Å². The first-order valence-corrected chi connectivity index (χ1v) is 14.1. The first-order valence-electron chi connectivity index (χ1n) is 14.1. The van der Waals surface area contributed by atoms with E-state index in [1.807, 2.05) is 0 Å². The Morgan fingerprint density at radius 3 is 0.895 bits per heavy atom. The number of benzene rings is 4. The van der Waals surface area contributed by atoms with Crippen molar-refractivity contribution in [3.63, 3.8) is 0 Å². The van der Waals surface area contributed by atoms with E-state index in [2.05, 4.69) is 139 Å². The smallest absolute Gasteiger partial charge is 0.0934 e. The van der Waals surface area contributed by atoms with Crippen LogP contribution in [0.3, 0.4) is 0 Å². The van der Waals surface area contributed by atoms with Crippen molar-refractivity contribution in [2.24, 2.45) is 0 Å². The molecule has 0 unspecified atom stereocenters. The Balaban J connectivity index is 1.79. The Labute approximate surface area is 228 Å². The van der Waals surface area contributed by atoms with Gasteiger partial charge >= 0.3 is 0 Å². The average molecular weight is 501 g/mol. The Morgan fingerprint density at radius 2 is 0.658 bits per heavy atom. The minimum atomic E-state index is -0.238. The summed E-state index contributed by atoms with van der Waals surface area (Å²) in [5, 5.41) is 0. The van der Waals surface area contributed by atoms with Gasteiger partial charge < -0.3 is 8.97 Å². The summed E-state index contributed by atoms with van der Waals surface area (Å²) in [5.74, 6) is 0.598. The van der Waals surface area contributed by atoms with Crippen LogP contribution in [0.5, 0.6) is 0 Å². The molecule has 4 aromatic carbocycles. The lowest BCUT2D eigenvalue weighted by molar-refractivity contribution is -0.883. The van der Waals surface area contributed by atoms with Crippen molar-refractivity contribution < 1.29 is 8.97 Å². The fourth-order valence-corrected chi connectivity index (χ4v) is 8.92. The maximum absolute atomic E-state index is 2.48. The topological polar surface area (TPSA) is 0 Å². The molecular formula is C36H40N2+2. The Bertz CT molecular complexity index is 1350. The molecule has 0 aromatic heterocycles. The summed E-state index contributed by atoms with van der Waals surface area (Å²) >= 11 is 0. The van der Waals surface area contributed by atoms with Gasteiger partial charge in [-0.15, -0.1) is 0 Å². The number of rotatable bonds is 4. The van der Waals surface area contributed by atoms with Gasteiger partial charge in [0.25, 0.3) is 0 Å². The highest BCUT2D eigenvalue weighted by atomic mass is 15.3. The minimum Gasteiger partial charge on any atom is -0.330 e. The van der Waals surface area contributed by atoms with Crippen molar-refractivity contribution in [2.45, 2.75) is 22.7 Å². The van der Waals surface area contributed by atoms with Crippen molar-refractivity contribution >= 4 is 0 Å². The second-order valence-electron chi connectivity index (χ2n) is 14.0. The number of hydrogen-bond acceptors (Lipinski definition) is 0. The van der Waals surface area contributed by atoms with E-state index in [9.17, 15) is 0 Å². The zero-order valence-corrected chi connectivity index (χ0v) is 23.7. The Hall–Kier alpha value is -3.20. The molecule has 6 aliphatic rings. The monoisotopic (exact) mass is 500 g/mol. The molecule has 0 heterocycles. The highest BCUT2D eigenvalue weighted by Crippen LogP contribution is 2.69. The minimum absolute atomic E-state index is 0.238. The summed E-state index contributed by atoms with van der Waals surface area (Å²) in [6, 6.07) is 38.0. The van der Waals surface area contributed by atoms with E-state index in [0.29, 0.717) is 11.8 Å². The van der Waals surface area contributed by atoms with E-state index < -0.39 is 0 Å². The van der Waals surface area contributed by atoms with Crippen molar-refractivity contribution in [3.05, 3.63) is 142 Å². The molecule has 0 atom stereocenters. The molecule has 192 valence electrons. The van der Waals surface area contributed by atoms with Gasteiger partial charge in [-0.25, -0.2) is 0 Å². The van der Waals surface area contributed by atoms with Gasteiger partial charge in [0.2, 0.25) is 0 Å². The van der Waals surface area contributed by atoms with Crippen molar-refractivity contribution in [3.8, 4) is 0 Å². The summed E-state index contributed by atoms with van der Waals surface area (Å²) in [6.07, 6.45) is 0. The SMILES string of the molecule is C[N+](C)(C)CC12c3ccccc3C(c3ccccc31)C1c3ccccc3C2(C[N+](C)(C)C)c2ccccc21. The van der Waals surface area contributed by atoms with E-state index in [-0.39, 0.29) is 10.8 Å². The quantitative estimate of drug-likeness (QED) is 0.290. The highest BCUT2D eigenvalue weighted by Gasteiger charge is 2.68. The van der Waals surface area contributed by atoms with Gasteiger partial charge in [0, 0.05) is 11.8 Å². The van der Waals surface area contributed by atoms with Crippen LogP contribution in [0.25, 0.3) is 0 Å². The number of likely N-dealkylation sites (N-methyl/N-ethyl adjacent to an activating group) is 2. The molecule has 0 N–H and O–H groups in total. The van der Waals surface area contributed by atoms with Crippen molar-refractivity contribution in [2.75, 3.05) is 55.4 Å². The summed E-state index contributed by atoms with van der Waals surface area (Å²) in [7, 11) is 14.3. The number of nitrogens with zero attached hydrogens (tertiary/aromatic N) is 2. The van der Waals surface area contributed by atoms with Crippen LogP contribution in [0, 0.1) is 0 Å². The van der Waals surface area contributed by atoms with Crippen LogP contribution in [0.1, 0.15) is 56.3 Å². The fourth-order valence-electron chi connectivity index (χ4n) is 8.92. The van der Waals surface area contributed by atoms with Crippen LogP contribution in [-0.2, 0) is 10.8 Å². The standard InChI is InChI=1S/C36H40N2/c1-37(2,3)23-35-29-19-11-7-15-25(29)33(26-16-8-12-20-30(26)35)34-27-17-9-13-21-31(27)36(35,24-38(4,5)6)32-22-14-10-18-28(32)34/h7-22,33-34H,23-24H2,1-6H3/q+2. The lowest BCUT2D eigenvalue weighted by Gasteiger charge is -2.63. The molecular weight excluding hydrogens is 460 g/mol. The molecule has 0 saturated carbocycles. The molecule has 6 aliphatic carbocycles. The molecule has 0 fully saturated rings. The molecule has 10 rings (SSSR count). The zero-order valence-electron chi connectivity index (χ0n) is 23.7. The molecule has 4 bridgehead atoms. The van der Waals surface area contributed by atoms with Crippen molar-refractivity contribution in [1.29, 1.82) is 0 Å². The molecule has 0 saturated heterocycles. The van der Waals surface area contributed by atoms with Gasteiger partial charge in [0.05, 0.1) is 66.2 Å². The van der Waals surface area contributed by atoms with E-state index in [1.165, 1.54) is 22.3 Å². The number of quaternary nitrogens is 2. The van der Waals surface area contributed by atoms with Crippen LogP contribution in [0.4, 0.5) is 0 Å². The van der Waals surface area contributed by atoms with Crippen LogP contribution in [0.15, 0.2) is 97.1 Å². The third-order valence-electron chi connectivity index (χ3n) is 9.51. The normalized spacial score (nSPS) is 26.6. The molecule has 0 amide bonds. The maximum atomic E-state index is 2.48. The predicted molar refractivity (Wildman–Crippen MR) is 157 cm³/mol. The van der Waals surface area contributed by atoms with Gasteiger partial charge in [-0.05, 0) is 44.5 Å². The maximum Gasteiger partial charge on any atom is 0.0934 e. The van der Waals surface area contributed by atoms with Gasteiger partial charge in [0.1, 0.15) is 0 Å². The highest BCUT2D eigenvalue weighted by molar-refractivity contribution is 5.73. The Morgan fingerprint density at radius 1 is 0.421 bits per heavy atom. The molecule has 38 heavy (non-hydrogen) atoms. The second-order valence-corrected chi connectivity index (χ2v) is 14.0. The molecule has 2 heteroatoms. The van der Waals surface area contributed by atoms with Crippen LogP contribution in [0.2, 0.25) is 0 Å². The third-order valence-corrected chi connectivity index (χ3v) is 9.51. The molecule has 0 spiro atoms. The summed E-state index contributed by atoms with van der Waals surface area (Å²) in [4.78, 5) is 0. The van der Waals surface area contributed by atoms with E-state index in [0.717, 1.165) is 22.1 Å². The first kappa shape index (κ1) is 23.9. The lowest BCUT2D eigenvalue weighted by Crippen LogP contribution is -2.68. The molecule has 0 radical (unpaired) electrons.